The van der Waals surface area contributed by atoms with Crippen molar-refractivity contribution in [1.82, 2.24) is 24.8 Å². The van der Waals surface area contributed by atoms with E-state index in [0.29, 0.717) is 11.9 Å². The van der Waals surface area contributed by atoms with E-state index < -0.39 is 0 Å². The summed E-state index contributed by atoms with van der Waals surface area (Å²) >= 11 is 0. The number of likely N-dealkylation sites (N-methyl/N-ethyl adjacent to an activating group) is 1. The maximum Gasteiger partial charge on any atom is 0.235 e. The maximum absolute atomic E-state index is 6.02. The molecule has 7 nitrogen and oxygen atoms in total. The predicted molar refractivity (Wildman–Crippen MR) is 103 cm³/mol. The van der Waals surface area contributed by atoms with Crippen molar-refractivity contribution in [2.45, 2.75) is 26.3 Å². The number of aromatic nitrogens is 3. The highest BCUT2D eigenvalue weighted by Crippen LogP contribution is 2.31. The van der Waals surface area contributed by atoms with E-state index in [-0.39, 0.29) is 0 Å². The molecule has 0 atom stereocenters. The second kappa shape index (κ2) is 7.55. The number of anilines is 3. The molecular formula is C19H27N7. The first-order valence-electron chi connectivity index (χ1n) is 9.53. The molecule has 1 fully saturated rings. The molecule has 2 N–H and O–H groups in total. The fraction of sp³-hybridized carbons (Fsp3) is 0.526. The third-order valence-electron chi connectivity index (χ3n) is 5.32. The van der Waals surface area contributed by atoms with E-state index in [1.54, 1.807) is 0 Å². The van der Waals surface area contributed by atoms with Crippen LogP contribution in [0.15, 0.2) is 24.3 Å². The van der Waals surface area contributed by atoms with E-state index in [0.717, 1.165) is 64.5 Å². The quantitative estimate of drug-likeness (QED) is 0.896. The van der Waals surface area contributed by atoms with Crippen molar-refractivity contribution in [3.8, 4) is 0 Å². The van der Waals surface area contributed by atoms with Crippen LogP contribution in [0.25, 0.3) is 0 Å². The number of nitrogens with two attached hydrogens (primary N) is 1. The van der Waals surface area contributed by atoms with Crippen LogP contribution in [0.4, 0.5) is 17.6 Å². The Morgan fingerprint density at radius 2 is 1.73 bits per heavy atom. The van der Waals surface area contributed by atoms with Crippen LogP contribution in [0.3, 0.4) is 0 Å². The third kappa shape index (κ3) is 3.64. The Hall–Kier alpha value is -2.25. The molecule has 2 aromatic rings. The zero-order valence-corrected chi connectivity index (χ0v) is 15.4. The number of para-hydroxylation sites is 1. The number of hydrogen-bond acceptors (Lipinski definition) is 7. The lowest BCUT2D eigenvalue weighted by Crippen LogP contribution is -2.45. The first-order chi connectivity index (χ1) is 12.7. The number of rotatable bonds is 4. The molecule has 138 valence electrons. The molecule has 0 unspecified atom stereocenters. The van der Waals surface area contributed by atoms with Gasteiger partial charge in [-0.1, -0.05) is 25.1 Å². The highest BCUT2D eigenvalue weighted by molar-refractivity contribution is 5.63. The molecule has 1 saturated heterocycles. The number of hydrogen-bond donors (Lipinski definition) is 1. The number of aryl methyl sites for hydroxylation is 1. The van der Waals surface area contributed by atoms with Crippen LogP contribution in [-0.4, -0.2) is 64.0 Å². The molecular weight excluding hydrogens is 326 g/mol. The fourth-order valence-electron chi connectivity index (χ4n) is 3.82. The van der Waals surface area contributed by atoms with Crippen LogP contribution < -0.4 is 10.6 Å². The maximum atomic E-state index is 6.02. The average molecular weight is 353 g/mol. The normalized spacial score (nSPS) is 18.7. The molecule has 1 aromatic carbocycles. The zero-order valence-electron chi connectivity index (χ0n) is 15.4. The van der Waals surface area contributed by atoms with E-state index in [9.17, 15) is 0 Å². The second-order valence-electron chi connectivity index (χ2n) is 7.00. The van der Waals surface area contributed by atoms with Crippen molar-refractivity contribution >= 4 is 17.6 Å². The number of benzene rings is 1. The lowest BCUT2D eigenvalue weighted by Gasteiger charge is -2.33. The summed E-state index contributed by atoms with van der Waals surface area (Å²) in [5, 5.41) is 0. The summed E-state index contributed by atoms with van der Waals surface area (Å²) in [5.74, 6) is 1.74. The Balaban J connectivity index is 1.54. The van der Waals surface area contributed by atoms with Gasteiger partial charge < -0.3 is 15.5 Å². The van der Waals surface area contributed by atoms with Gasteiger partial charge in [-0.2, -0.15) is 15.0 Å². The molecule has 0 saturated carbocycles. The van der Waals surface area contributed by atoms with Gasteiger partial charge in [-0.05, 0) is 31.0 Å². The summed E-state index contributed by atoms with van der Waals surface area (Å²) in [5.41, 5.74) is 8.55. The fourth-order valence-corrected chi connectivity index (χ4v) is 3.82. The Kier molecular flexibility index (Phi) is 4.99. The van der Waals surface area contributed by atoms with Crippen LogP contribution in [0.2, 0.25) is 0 Å². The Bertz CT molecular complexity index is 755. The van der Waals surface area contributed by atoms with Crippen molar-refractivity contribution < 1.29 is 0 Å². The molecule has 0 radical (unpaired) electrons. The minimum atomic E-state index is 0.306. The summed E-state index contributed by atoms with van der Waals surface area (Å²) in [4.78, 5) is 20.6. The van der Waals surface area contributed by atoms with Gasteiger partial charge in [-0.25, -0.2) is 0 Å². The van der Waals surface area contributed by atoms with Gasteiger partial charge in [0.1, 0.15) is 5.82 Å². The van der Waals surface area contributed by atoms with Gasteiger partial charge in [-0.3, -0.25) is 4.90 Å². The Labute approximate surface area is 154 Å². The van der Waals surface area contributed by atoms with Crippen LogP contribution in [0.1, 0.15) is 24.7 Å². The van der Waals surface area contributed by atoms with E-state index in [4.69, 9.17) is 10.7 Å². The van der Waals surface area contributed by atoms with Gasteiger partial charge >= 0.3 is 0 Å². The molecule has 1 aromatic heterocycles. The van der Waals surface area contributed by atoms with Crippen molar-refractivity contribution in [3.05, 3.63) is 35.7 Å². The van der Waals surface area contributed by atoms with E-state index in [1.807, 2.05) is 0 Å². The summed E-state index contributed by atoms with van der Waals surface area (Å²) in [6.07, 6.45) is 2.19. The lowest BCUT2D eigenvalue weighted by molar-refractivity contribution is 0.129. The van der Waals surface area contributed by atoms with Crippen LogP contribution in [-0.2, 0) is 13.0 Å². The van der Waals surface area contributed by atoms with Crippen molar-refractivity contribution in [3.63, 3.8) is 0 Å². The topological polar surface area (TPSA) is 74.4 Å². The molecule has 4 rings (SSSR count). The molecule has 26 heavy (non-hydrogen) atoms. The number of nitrogen functional groups attached to an aromatic ring is 1. The van der Waals surface area contributed by atoms with Gasteiger partial charge in [0, 0.05) is 38.4 Å². The highest BCUT2D eigenvalue weighted by Gasteiger charge is 2.22. The predicted octanol–water partition coefficient (Wildman–Crippen LogP) is 1.68. The number of piperazine rings is 1. The first-order valence-corrected chi connectivity index (χ1v) is 9.53. The first kappa shape index (κ1) is 17.2. The van der Waals surface area contributed by atoms with E-state index in [1.165, 1.54) is 11.3 Å². The number of nitrogens with zero attached hydrogens (tertiary/aromatic N) is 6. The summed E-state index contributed by atoms with van der Waals surface area (Å²) in [6.45, 7) is 9.26. The summed E-state index contributed by atoms with van der Waals surface area (Å²) < 4.78 is 0. The molecule has 0 aliphatic carbocycles. The highest BCUT2D eigenvalue weighted by atomic mass is 15.3. The summed E-state index contributed by atoms with van der Waals surface area (Å²) in [6, 6.07) is 8.47. The van der Waals surface area contributed by atoms with Crippen LogP contribution in [0.5, 0.6) is 0 Å². The third-order valence-corrected chi connectivity index (χ3v) is 5.32. The van der Waals surface area contributed by atoms with Gasteiger partial charge in [0.15, 0.2) is 0 Å². The molecule has 2 aliphatic rings. The standard InChI is InChI=1S/C19H27N7/c1-2-24-10-12-25(13-11-24)14-17-21-18(20)23-19(22-17)26-9-5-7-15-6-3-4-8-16(15)26/h3-4,6,8H,2,5,7,9-14H2,1H3,(H2,20,21,22,23). The van der Waals surface area contributed by atoms with Crippen molar-refractivity contribution in [2.75, 3.05) is 49.9 Å². The van der Waals surface area contributed by atoms with E-state index in [2.05, 4.69) is 55.9 Å². The second-order valence-corrected chi connectivity index (χ2v) is 7.00. The average Bonchev–Trinajstić information content (AvgIpc) is 2.67. The van der Waals surface area contributed by atoms with Gasteiger partial charge in [0.25, 0.3) is 0 Å². The molecule has 7 heteroatoms. The molecule has 0 amide bonds. The monoisotopic (exact) mass is 353 g/mol. The molecule has 3 heterocycles. The van der Waals surface area contributed by atoms with Crippen LogP contribution >= 0.6 is 0 Å². The van der Waals surface area contributed by atoms with Crippen molar-refractivity contribution in [2.24, 2.45) is 0 Å². The molecule has 0 bridgehead atoms. The van der Waals surface area contributed by atoms with Crippen molar-refractivity contribution in [1.29, 1.82) is 0 Å². The van der Waals surface area contributed by atoms with E-state index >= 15 is 0 Å². The Morgan fingerprint density at radius 1 is 0.962 bits per heavy atom. The molecule has 2 aliphatic heterocycles. The molecule has 0 spiro atoms. The van der Waals surface area contributed by atoms with Gasteiger partial charge in [0.2, 0.25) is 11.9 Å². The lowest BCUT2D eigenvalue weighted by atomic mass is 10.0. The SMILES string of the molecule is CCN1CCN(Cc2nc(N)nc(N3CCCc4ccccc43)n2)CC1. The van der Waals surface area contributed by atoms with Crippen LogP contribution in [0, 0.1) is 0 Å². The summed E-state index contributed by atoms with van der Waals surface area (Å²) in [7, 11) is 0. The minimum absolute atomic E-state index is 0.306. The zero-order chi connectivity index (χ0) is 17.9. The number of fused-ring (bicyclic) bond motifs is 1. The van der Waals surface area contributed by atoms with Gasteiger partial charge in [0.05, 0.1) is 6.54 Å². The smallest absolute Gasteiger partial charge is 0.235 e. The Morgan fingerprint density at radius 3 is 2.54 bits per heavy atom. The largest absolute Gasteiger partial charge is 0.368 e. The van der Waals surface area contributed by atoms with Gasteiger partial charge in [-0.15, -0.1) is 0 Å². The minimum Gasteiger partial charge on any atom is -0.368 e.